The zero-order chi connectivity index (χ0) is 22.0. The summed E-state index contributed by atoms with van der Waals surface area (Å²) in [7, 11) is 0. The summed E-state index contributed by atoms with van der Waals surface area (Å²) in [4.78, 5) is 34.7. The quantitative estimate of drug-likeness (QED) is 0.638. The highest BCUT2D eigenvalue weighted by molar-refractivity contribution is 5.97. The summed E-state index contributed by atoms with van der Waals surface area (Å²) in [5.41, 5.74) is 4.06. The van der Waals surface area contributed by atoms with E-state index in [0.717, 1.165) is 41.1 Å². The van der Waals surface area contributed by atoms with Crippen LogP contribution >= 0.6 is 0 Å². The Labute approximate surface area is 181 Å². The molecule has 2 aromatic heterocycles. The molecule has 1 aromatic carbocycles. The smallest absolute Gasteiger partial charge is 0.255 e. The fourth-order valence-corrected chi connectivity index (χ4v) is 3.99. The van der Waals surface area contributed by atoms with Crippen molar-refractivity contribution >= 4 is 28.4 Å². The SMILES string of the molecule is Cc1[nH]c2ccc(NC(=O)C3CN(C(=O)CCCn4ccnc4C)CCO3)cc2c1C. The highest BCUT2D eigenvalue weighted by Gasteiger charge is 2.29. The van der Waals surface area contributed by atoms with Crippen molar-refractivity contribution in [1.29, 1.82) is 0 Å². The maximum absolute atomic E-state index is 12.8. The number of nitrogens with one attached hydrogen (secondary N) is 2. The Bertz CT molecular complexity index is 1100. The first-order valence-corrected chi connectivity index (χ1v) is 10.7. The zero-order valence-corrected chi connectivity index (χ0v) is 18.3. The lowest BCUT2D eigenvalue weighted by Crippen LogP contribution is -2.50. The number of aromatic nitrogens is 3. The van der Waals surface area contributed by atoms with Crippen molar-refractivity contribution in [2.24, 2.45) is 0 Å². The Morgan fingerprint density at radius 3 is 2.90 bits per heavy atom. The fourth-order valence-electron chi connectivity index (χ4n) is 3.99. The van der Waals surface area contributed by atoms with E-state index >= 15 is 0 Å². The summed E-state index contributed by atoms with van der Waals surface area (Å²) in [5.74, 6) is 0.772. The molecule has 0 bridgehead atoms. The van der Waals surface area contributed by atoms with Crippen LogP contribution in [0.2, 0.25) is 0 Å². The number of morpholine rings is 1. The number of hydrogen-bond donors (Lipinski definition) is 2. The number of aryl methyl sites for hydroxylation is 4. The minimum Gasteiger partial charge on any atom is -0.365 e. The van der Waals surface area contributed by atoms with Gasteiger partial charge in [0.25, 0.3) is 5.91 Å². The van der Waals surface area contributed by atoms with Gasteiger partial charge in [-0.1, -0.05) is 0 Å². The number of aromatic amines is 1. The molecule has 8 nitrogen and oxygen atoms in total. The van der Waals surface area contributed by atoms with Crippen LogP contribution in [0.25, 0.3) is 10.9 Å². The highest BCUT2D eigenvalue weighted by Crippen LogP contribution is 2.24. The number of benzene rings is 1. The number of fused-ring (bicyclic) bond motifs is 1. The first-order valence-electron chi connectivity index (χ1n) is 10.7. The average Bonchev–Trinajstić information content (AvgIpc) is 3.30. The van der Waals surface area contributed by atoms with E-state index < -0.39 is 6.10 Å². The van der Waals surface area contributed by atoms with E-state index in [1.165, 1.54) is 5.56 Å². The number of amides is 2. The molecular formula is C23H29N5O3. The van der Waals surface area contributed by atoms with Crippen molar-refractivity contribution in [1.82, 2.24) is 19.4 Å². The predicted molar refractivity (Wildman–Crippen MR) is 119 cm³/mol. The van der Waals surface area contributed by atoms with E-state index in [-0.39, 0.29) is 18.4 Å². The molecule has 0 saturated carbocycles. The van der Waals surface area contributed by atoms with Gasteiger partial charge in [-0.15, -0.1) is 0 Å². The molecule has 4 rings (SSSR count). The Morgan fingerprint density at radius 1 is 1.29 bits per heavy atom. The van der Waals surface area contributed by atoms with E-state index in [4.69, 9.17) is 4.74 Å². The van der Waals surface area contributed by atoms with Crippen LogP contribution in [0, 0.1) is 20.8 Å². The highest BCUT2D eigenvalue weighted by atomic mass is 16.5. The third-order valence-electron chi connectivity index (χ3n) is 6.00. The maximum atomic E-state index is 12.8. The molecule has 0 radical (unpaired) electrons. The van der Waals surface area contributed by atoms with Crippen LogP contribution < -0.4 is 5.32 Å². The van der Waals surface area contributed by atoms with Crippen molar-refractivity contribution in [3.8, 4) is 0 Å². The van der Waals surface area contributed by atoms with Crippen LogP contribution in [-0.2, 0) is 20.9 Å². The molecule has 0 spiro atoms. The van der Waals surface area contributed by atoms with Gasteiger partial charge in [0, 0.05) is 54.2 Å². The lowest BCUT2D eigenvalue weighted by molar-refractivity contribution is -0.144. The van der Waals surface area contributed by atoms with Crippen molar-refractivity contribution in [2.45, 2.75) is 46.3 Å². The summed E-state index contributed by atoms with van der Waals surface area (Å²) >= 11 is 0. The minimum atomic E-state index is -0.668. The van der Waals surface area contributed by atoms with Crippen molar-refractivity contribution in [3.05, 3.63) is 47.7 Å². The lowest BCUT2D eigenvalue weighted by Gasteiger charge is -2.32. The molecule has 8 heteroatoms. The molecule has 3 heterocycles. The molecule has 1 saturated heterocycles. The van der Waals surface area contributed by atoms with Gasteiger partial charge >= 0.3 is 0 Å². The summed E-state index contributed by atoms with van der Waals surface area (Å²) in [5, 5.41) is 4.03. The van der Waals surface area contributed by atoms with Crippen LogP contribution in [0.1, 0.15) is 29.9 Å². The van der Waals surface area contributed by atoms with Gasteiger partial charge in [-0.25, -0.2) is 4.98 Å². The van der Waals surface area contributed by atoms with Gasteiger partial charge in [-0.3, -0.25) is 9.59 Å². The zero-order valence-electron chi connectivity index (χ0n) is 18.3. The second-order valence-electron chi connectivity index (χ2n) is 8.10. The third kappa shape index (κ3) is 4.64. The Morgan fingerprint density at radius 2 is 2.13 bits per heavy atom. The summed E-state index contributed by atoms with van der Waals surface area (Å²) in [6.07, 6.45) is 4.19. The van der Waals surface area contributed by atoms with E-state index in [1.54, 1.807) is 11.1 Å². The second kappa shape index (κ2) is 8.93. The number of ether oxygens (including phenoxy) is 1. The Hall–Kier alpha value is -3.13. The first kappa shape index (κ1) is 21.1. The standard InChI is InChI=1S/C23H29N5O3/c1-15-16(2)25-20-7-6-18(13-19(15)20)26-23(30)21-14-28(11-12-31-21)22(29)5-4-9-27-10-8-24-17(27)3/h6-8,10,13,21,25H,4-5,9,11-12,14H2,1-3H3,(H,26,30). The van der Waals surface area contributed by atoms with Crippen LogP contribution in [0.15, 0.2) is 30.6 Å². The van der Waals surface area contributed by atoms with Gasteiger partial charge in [-0.05, 0) is 51.0 Å². The fraction of sp³-hybridized carbons (Fsp3) is 0.435. The number of anilines is 1. The van der Waals surface area contributed by atoms with Crippen LogP contribution in [-0.4, -0.2) is 57.0 Å². The summed E-state index contributed by atoms with van der Waals surface area (Å²) in [6, 6.07) is 5.81. The number of H-pyrrole nitrogens is 1. The molecular weight excluding hydrogens is 394 g/mol. The number of imidazole rings is 1. The molecule has 1 unspecified atom stereocenters. The van der Waals surface area contributed by atoms with Crippen molar-refractivity contribution in [3.63, 3.8) is 0 Å². The molecule has 0 aliphatic carbocycles. The molecule has 2 amide bonds. The maximum Gasteiger partial charge on any atom is 0.255 e. The third-order valence-corrected chi connectivity index (χ3v) is 6.00. The van der Waals surface area contributed by atoms with E-state index in [0.29, 0.717) is 19.6 Å². The van der Waals surface area contributed by atoms with E-state index in [2.05, 4.69) is 22.2 Å². The molecule has 164 valence electrons. The number of rotatable bonds is 6. The summed E-state index contributed by atoms with van der Waals surface area (Å²) < 4.78 is 7.70. The molecule has 1 aliphatic heterocycles. The van der Waals surface area contributed by atoms with Gasteiger partial charge in [0.2, 0.25) is 5.91 Å². The number of carbonyl (C=O) groups is 2. The average molecular weight is 424 g/mol. The van der Waals surface area contributed by atoms with Gasteiger partial charge < -0.3 is 24.5 Å². The number of nitrogens with zero attached hydrogens (tertiary/aromatic N) is 3. The van der Waals surface area contributed by atoms with Gasteiger partial charge in [-0.2, -0.15) is 0 Å². The van der Waals surface area contributed by atoms with Crippen LogP contribution in [0.4, 0.5) is 5.69 Å². The summed E-state index contributed by atoms with van der Waals surface area (Å²) in [6.45, 7) is 7.95. The lowest BCUT2D eigenvalue weighted by atomic mass is 10.1. The van der Waals surface area contributed by atoms with E-state index in [1.807, 2.05) is 42.8 Å². The monoisotopic (exact) mass is 423 g/mol. The normalized spacial score (nSPS) is 16.6. The van der Waals surface area contributed by atoms with E-state index in [9.17, 15) is 9.59 Å². The predicted octanol–water partition coefficient (Wildman–Crippen LogP) is 2.94. The first-order chi connectivity index (χ1) is 14.9. The minimum absolute atomic E-state index is 0.0544. The topological polar surface area (TPSA) is 92.2 Å². The van der Waals surface area contributed by atoms with Crippen molar-refractivity contribution in [2.75, 3.05) is 25.0 Å². The van der Waals surface area contributed by atoms with Crippen LogP contribution in [0.5, 0.6) is 0 Å². The largest absolute Gasteiger partial charge is 0.365 e. The molecule has 1 aliphatic rings. The number of carbonyl (C=O) groups excluding carboxylic acids is 2. The van der Waals surface area contributed by atoms with Gasteiger partial charge in [0.05, 0.1) is 13.2 Å². The molecule has 1 fully saturated rings. The van der Waals surface area contributed by atoms with Gasteiger partial charge in [0.15, 0.2) is 6.10 Å². The Kier molecular flexibility index (Phi) is 6.08. The molecule has 1 atom stereocenters. The molecule has 31 heavy (non-hydrogen) atoms. The molecule has 3 aromatic rings. The number of hydrogen-bond acceptors (Lipinski definition) is 4. The Balaban J connectivity index is 1.32. The second-order valence-corrected chi connectivity index (χ2v) is 8.10. The van der Waals surface area contributed by atoms with Gasteiger partial charge in [0.1, 0.15) is 5.82 Å². The van der Waals surface area contributed by atoms with Crippen LogP contribution in [0.3, 0.4) is 0 Å². The molecule has 2 N–H and O–H groups in total. The van der Waals surface area contributed by atoms with Crippen molar-refractivity contribution < 1.29 is 14.3 Å².